The number of aliphatic hydroxyl groups excluding tert-OH is 1. The van der Waals surface area contributed by atoms with Gasteiger partial charge in [0.15, 0.2) is 5.75 Å². The van der Waals surface area contributed by atoms with Crippen molar-refractivity contribution >= 4 is 11.0 Å². The van der Waals surface area contributed by atoms with Crippen LogP contribution in [0.2, 0.25) is 0 Å². The Morgan fingerprint density at radius 3 is 3.04 bits per heavy atom. The predicted molar refractivity (Wildman–Crippen MR) is 98.1 cm³/mol. The number of nitrogens with zero attached hydrogens (tertiary/aromatic N) is 2. The maximum absolute atomic E-state index is 10.9. The zero-order chi connectivity index (χ0) is 17.7. The van der Waals surface area contributed by atoms with Gasteiger partial charge in [-0.05, 0) is 23.3 Å². The van der Waals surface area contributed by atoms with E-state index in [1.54, 1.807) is 13.4 Å². The summed E-state index contributed by atoms with van der Waals surface area (Å²) in [6.45, 7) is 0. The second-order valence-corrected chi connectivity index (χ2v) is 6.60. The molecule has 0 saturated heterocycles. The molecule has 2 atom stereocenters. The van der Waals surface area contributed by atoms with Crippen LogP contribution in [0.4, 0.5) is 0 Å². The van der Waals surface area contributed by atoms with Crippen LogP contribution in [-0.4, -0.2) is 21.8 Å². The molecule has 4 aromatic rings. The molecule has 2 aromatic heterocycles. The lowest BCUT2D eigenvalue weighted by Gasteiger charge is -2.19. The lowest BCUT2D eigenvalue weighted by molar-refractivity contribution is 0.154. The van der Waals surface area contributed by atoms with Crippen molar-refractivity contribution in [3.63, 3.8) is 0 Å². The first kappa shape index (κ1) is 15.2. The topological polar surface area (TPSA) is 60.4 Å². The number of methoxy groups -OCH3 is 1. The van der Waals surface area contributed by atoms with Crippen molar-refractivity contribution in [3.8, 4) is 17.0 Å². The van der Waals surface area contributed by atoms with Gasteiger partial charge in [-0.25, -0.2) is 4.98 Å². The Labute approximate surface area is 150 Å². The van der Waals surface area contributed by atoms with Gasteiger partial charge < -0.3 is 18.8 Å². The average Bonchev–Trinajstić information content (AvgIpc) is 3.37. The summed E-state index contributed by atoms with van der Waals surface area (Å²) in [5.41, 5.74) is 5.12. The van der Waals surface area contributed by atoms with Crippen molar-refractivity contribution in [1.29, 1.82) is 0 Å². The van der Waals surface area contributed by atoms with E-state index >= 15 is 0 Å². The molecule has 0 fully saturated rings. The second kappa shape index (κ2) is 5.75. The van der Waals surface area contributed by atoms with Crippen molar-refractivity contribution in [2.45, 2.75) is 18.6 Å². The van der Waals surface area contributed by atoms with Crippen molar-refractivity contribution in [2.75, 3.05) is 7.11 Å². The Morgan fingerprint density at radius 1 is 1.27 bits per heavy atom. The zero-order valence-corrected chi connectivity index (χ0v) is 14.3. The van der Waals surface area contributed by atoms with E-state index < -0.39 is 6.10 Å². The molecule has 26 heavy (non-hydrogen) atoms. The molecule has 5 heteroatoms. The minimum atomic E-state index is -0.606. The van der Waals surface area contributed by atoms with Gasteiger partial charge in [-0.3, -0.25) is 0 Å². The van der Waals surface area contributed by atoms with Gasteiger partial charge in [-0.15, -0.1) is 0 Å². The van der Waals surface area contributed by atoms with Crippen LogP contribution in [0.3, 0.4) is 0 Å². The fraction of sp³-hybridized carbons (Fsp3) is 0.190. The number of hydrogen-bond donors (Lipinski definition) is 1. The highest BCUT2D eigenvalue weighted by molar-refractivity contribution is 5.84. The van der Waals surface area contributed by atoms with E-state index in [1.807, 2.05) is 42.9 Å². The van der Waals surface area contributed by atoms with Gasteiger partial charge in [-0.2, -0.15) is 0 Å². The molecule has 1 aliphatic rings. The minimum Gasteiger partial charge on any atom is -0.493 e. The van der Waals surface area contributed by atoms with E-state index in [2.05, 4.69) is 21.7 Å². The number of imidazole rings is 1. The van der Waals surface area contributed by atoms with Gasteiger partial charge in [0.1, 0.15) is 11.8 Å². The molecule has 0 saturated carbocycles. The minimum absolute atomic E-state index is 0.0700. The third kappa shape index (κ3) is 2.17. The first-order valence-electron chi connectivity index (χ1n) is 8.60. The Bertz CT molecular complexity index is 1100. The highest BCUT2D eigenvalue weighted by Gasteiger charge is 2.30. The third-order valence-corrected chi connectivity index (χ3v) is 5.21. The molecule has 0 amide bonds. The van der Waals surface area contributed by atoms with Crippen molar-refractivity contribution < 1.29 is 14.3 Å². The number of hydrogen-bond acceptors (Lipinski definition) is 4. The summed E-state index contributed by atoms with van der Waals surface area (Å²) in [6, 6.07) is 14.1. The first-order chi connectivity index (χ1) is 12.8. The van der Waals surface area contributed by atoms with E-state index in [9.17, 15) is 5.11 Å². The normalized spacial score (nSPS) is 16.5. The van der Waals surface area contributed by atoms with Crippen LogP contribution in [0.5, 0.6) is 5.75 Å². The highest BCUT2D eigenvalue weighted by atomic mass is 16.5. The number of furan rings is 1. The van der Waals surface area contributed by atoms with Crippen LogP contribution in [-0.2, 0) is 0 Å². The molecule has 5 nitrogen and oxygen atoms in total. The quantitative estimate of drug-likeness (QED) is 0.597. The molecular weight excluding hydrogens is 328 g/mol. The Kier molecular flexibility index (Phi) is 3.36. The molecule has 1 aliphatic heterocycles. The Hall–Kier alpha value is -3.05. The van der Waals surface area contributed by atoms with E-state index in [0.717, 1.165) is 22.2 Å². The van der Waals surface area contributed by atoms with Crippen molar-refractivity contribution in [3.05, 3.63) is 72.4 Å². The molecule has 2 aromatic carbocycles. The van der Waals surface area contributed by atoms with Crippen molar-refractivity contribution in [2.24, 2.45) is 0 Å². The Balaban J connectivity index is 1.50. The standard InChI is InChI=1S/C21H18N2O3/c1-25-21-11-26-20-7-6-13(8-16(20)21)19(24)9-17-14-4-2-3-5-15(14)18-10-22-12-23(17)18/h2-8,10-12,17,19,24H,9H2,1H3. The maximum Gasteiger partial charge on any atom is 0.164 e. The summed E-state index contributed by atoms with van der Waals surface area (Å²) in [4.78, 5) is 4.28. The fourth-order valence-electron chi connectivity index (χ4n) is 3.91. The Morgan fingerprint density at radius 2 is 2.15 bits per heavy atom. The monoisotopic (exact) mass is 346 g/mol. The predicted octanol–water partition coefficient (Wildman–Crippen LogP) is 4.33. The largest absolute Gasteiger partial charge is 0.493 e. The highest BCUT2D eigenvalue weighted by Crippen LogP contribution is 2.43. The number of aliphatic hydroxyl groups is 1. The van der Waals surface area contributed by atoms with Crippen LogP contribution >= 0.6 is 0 Å². The molecular formula is C21H18N2O3. The molecule has 0 aliphatic carbocycles. The van der Waals surface area contributed by atoms with Gasteiger partial charge in [0, 0.05) is 12.0 Å². The smallest absolute Gasteiger partial charge is 0.164 e. The van der Waals surface area contributed by atoms with E-state index in [1.165, 1.54) is 11.1 Å². The van der Waals surface area contributed by atoms with Gasteiger partial charge >= 0.3 is 0 Å². The average molecular weight is 346 g/mol. The molecule has 2 unspecified atom stereocenters. The lowest BCUT2D eigenvalue weighted by Crippen LogP contribution is -2.10. The van der Waals surface area contributed by atoms with E-state index in [-0.39, 0.29) is 6.04 Å². The van der Waals surface area contributed by atoms with Crippen LogP contribution in [0.1, 0.15) is 29.7 Å². The maximum atomic E-state index is 10.9. The molecule has 0 spiro atoms. The van der Waals surface area contributed by atoms with Crippen LogP contribution < -0.4 is 4.74 Å². The van der Waals surface area contributed by atoms with Gasteiger partial charge in [0.05, 0.1) is 42.9 Å². The second-order valence-electron chi connectivity index (χ2n) is 6.60. The van der Waals surface area contributed by atoms with Crippen molar-refractivity contribution in [1.82, 2.24) is 9.55 Å². The molecule has 3 heterocycles. The summed E-state index contributed by atoms with van der Waals surface area (Å²) in [7, 11) is 1.61. The number of fused-ring (bicyclic) bond motifs is 4. The van der Waals surface area contributed by atoms with Crippen LogP contribution in [0, 0.1) is 0 Å². The third-order valence-electron chi connectivity index (χ3n) is 5.21. The summed E-state index contributed by atoms with van der Waals surface area (Å²) < 4.78 is 12.9. The van der Waals surface area contributed by atoms with Gasteiger partial charge in [0.25, 0.3) is 0 Å². The summed E-state index contributed by atoms with van der Waals surface area (Å²) in [5, 5.41) is 11.8. The van der Waals surface area contributed by atoms with Crippen LogP contribution in [0.25, 0.3) is 22.2 Å². The first-order valence-corrected chi connectivity index (χ1v) is 8.60. The summed E-state index contributed by atoms with van der Waals surface area (Å²) in [6.07, 6.45) is 5.28. The van der Waals surface area contributed by atoms with E-state index in [4.69, 9.17) is 9.15 Å². The molecule has 130 valence electrons. The van der Waals surface area contributed by atoms with E-state index in [0.29, 0.717) is 12.2 Å². The SMILES string of the molecule is COc1coc2ccc(C(O)CC3c4ccccc4-c4cncn43)cc12. The number of ether oxygens (including phenoxy) is 1. The lowest BCUT2D eigenvalue weighted by atomic mass is 9.95. The zero-order valence-electron chi connectivity index (χ0n) is 14.3. The number of aromatic nitrogens is 2. The summed E-state index contributed by atoms with van der Waals surface area (Å²) in [5.74, 6) is 0.678. The van der Waals surface area contributed by atoms with Gasteiger partial charge in [-0.1, -0.05) is 30.3 Å². The molecule has 1 N–H and O–H groups in total. The summed E-state index contributed by atoms with van der Waals surface area (Å²) >= 11 is 0. The number of rotatable bonds is 4. The van der Waals surface area contributed by atoms with Crippen LogP contribution in [0.15, 0.2) is 65.7 Å². The fourth-order valence-corrected chi connectivity index (χ4v) is 3.91. The van der Waals surface area contributed by atoms with Gasteiger partial charge in [0.2, 0.25) is 0 Å². The number of benzene rings is 2. The molecule has 5 rings (SSSR count). The molecule has 0 bridgehead atoms. The molecule has 0 radical (unpaired) electrons.